The fraction of sp³-hybridized carbons (Fsp3) is 0.412. The first-order valence-corrected chi connectivity index (χ1v) is 7.87. The molecule has 128 valence electrons. The van der Waals surface area contributed by atoms with Crippen molar-refractivity contribution >= 4 is 5.91 Å². The van der Waals surface area contributed by atoms with Crippen molar-refractivity contribution in [1.82, 2.24) is 14.7 Å². The number of carbonyl (C=O) groups is 1. The number of ether oxygens (including phenoxy) is 1. The molecule has 2 N–H and O–H groups in total. The molecule has 1 aromatic carbocycles. The van der Waals surface area contributed by atoms with E-state index in [1.165, 1.54) is 12.1 Å². The average molecular weight is 332 g/mol. The van der Waals surface area contributed by atoms with Gasteiger partial charge in [0.25, 0.3) is 0 Å². The predicted octanol–water partition coefficient (Wildman–Crippen LogP) is 1.15. The van der Waals surface area contributed by atoms with Crippen molar-refractivity contribution in [2.24, 2.45) is 5.73 Å². The zero-order valence-corrected chi connectivity index (χ0v) is 13.6. The van der Waals surface area contributed by atoms with E-state index in [2.05, 4.69) is 5.10 Å². The number of rotatable bonds is 6. The number of benzene rings is 1. The molecule has 0 aliphatic carbocycles. The van der Waals surface area contributed by atoms with Gasteiger partial charge in [-0.25, -0.2) is 4.39 Å². The molecule has 1 fully saturated rings. The minimum absolute atomic E-state index is 0.0248. The lowest BCUT2D eigenvalue weighted by atomic mass is 10.2. The Balaban J connectivity index is 1.65. The Bertz CT molecular complexity index is 701. The average Bonchev–Trinajstić information content (AvgIpc) is 3.17. The van der Waals surface area contributed by atoms with E-state index in [0.29, 0.717) is 26.1 Å². The summed E-state index contributed by atoms with van der Waals surface area (Å²) >= 11 is 0. The standard InChI is InChI=1S/C17H21FN4O2/c1-24-15-6-16(17(19)23)21(11-15)8-13-7-20-22(10-13)9-12-2-4-14(18)5-3-12/h2-5,7,10,15-16H,6,8-9,11H2,1H3,(H2,19,23)/t15-,16-/m0/s1. The minimum atomic E-state index is -0.326. The van der Waals surface area contributed by atoms with Crippen LogP contribution in [0.2, 0.25) is 0 Å². The number of carbonyl (C=O) groups excluding carboxylic acids is 1. The van der Waals surface area contributed by atoms with Gasteiger partial charge in [-0.2, -0.15) is 5.10 Å². The molecule has 0 radical (unpaired) electrons. The third-order valence-corrected chi connectivity index (χ3v) is 4.36. The molecule has 2 heterocycles. The van der Waals surface area contributed by atoms with Gasteiger partial charge in [0.15, 0.2) is 0 Å². The first-order chi connectivity index (χ1) is 11.5. The summed E-state index contributed by atoms with van der Waals surface area (Å²) in [6.07, 6.45) is 4.36. The number of likely N-dealkylation sites (tertiary alicyclic amines) is 1. The van der Waals surface area contributed by atoms with Crippen LogP contribution in [0, 0.1) is 5.82 Å². The molecule has 24 heavy (non-hydrogen) atoms. The highest BCUT2D eigenvalue weighted by Gasteiger charge is 2.35. The molecule has 2 atom stereocenters. The van der Waals surface area contributed by atoms with E-state index in [1.54, 1.807) is 30.1 Å². The quantitative estimate of drug-likeness (QED) is 0.861. The molecular weight excluding hydrogens is 311 g/mol. The monoisotopic (exact) mass is 332 g/mol. The summed E-state index contributed by atoms with van der Waals surface area (Å²) in [4.78, 5) is 13.6. The van der Waals surface area contributed by atoms with E-state index in [9.17, 15) is 9.18 Å². The van der Waals surface area contributed by atoms with E-state index < -0.39 is 0 Å². The van der Waals surface area contributed by atoms with Gasteiger partial charge >= 0.3 is 0 Å². The number of nitrogens with zero attached hydrogens (tertiary/aromatic N) is 3. The van der Waals surface area contributed by atoms with Gasteiger partial charge in [-0.05, 0) is 24.1 Å². The number of halogens is 1. The summed E-state index contributed by atoms with van der Waals surface area (Å²) in [5.41, 5.74) is 7.46. The predicted molar refractivity (Wildman–Crippen MR) is 86.5 cm³/mol. The third kappa shape index (κ3) is 3.80. The van der Waals surface area contributed by atoms with Crippen molar-refractivity contribution in [3.8, 4) is 0 Å². The fourth-order valence-corrected chi connectivity index (χ4v) is 3.09. The lowest BCUT2D eigenvalue weighted by Gasteiger charge is -2.20. The van der Waals surface area contributed by atoms with E-state index in [1.807, 2.05) is 11.1 Å². The van der Waals surface area contributed by atoms with Crippen molar-refractivity contribution in [3.63, 3.8) is 0 Å². The lowest BCUT2D eigenvalue weighted by molar-refractivity contribution is -0.122. The van der Waals surface area contributed by atoms with Crippen LogP contribution in [0.1, 0.15) is 17.5 Å². The van der Waals surface area contributed by atoms with Crippen LogP contribution in [0.5, 0.6) is 0 Å². The van der Waals surface area contributed by atoms with Gasteiger partial charge in [0.2, 0.25) is 5.91 Å². The first kappa shape index (κ1) is 16.6. The summed E-state index contributed by atoms with van der Waals surface area (Å²) in [5.74, 6) is -0.576. The lowest BCUT2D eigenvalue weighted by Crippen LogP contribution is -2.39. The van der Waals surface area contributed by atoms with E-state index in [4.69, 9.17) is 10.5 Å². The van der Waals surface area contributed by atoms with Gasteiger partial charge in [-0.1, -0.05) is 12.1 Å². The number of aromatic nitrogens is 2. The SMILES string of the molecule is CO[C@H]1C[C@@H](C(N)=O)N(Cc2cnn(Cc3ccc(F)cc3)c2)C1. The molecule has 1 saturated heterocycles. The molecule has 0 spiro atoms. The van der Waals surface area contributed by atoms with Crippen molar-refractivity contribution < 1.29 is 13.9 Å². The number of nitrogens with two attached hydrogens (primary N) is 1. The van der Waals surface area contributed by atoms with Crippen LogP contribution in [0.4, 0.5) is 4.39 Å². The van der Waals surface area contributed by atoms with Gasteiger partial charge in [0, 0.05) is 32.0 Å². The Morgan fingerprint density at radius 1 is 1.33 bits per heavy atom. The van der Waals surface area contributed by atoms with Gasteiger partial charge in [0.1, 0.15) is 5.82 Å². The molecule has 7 heteroatoms. The zero-order chi connectivity index (χ0) is 17.1. The Kier molecular flexibility index (Phi) is 4.92. The van der Waals surface area contributed by atoms with Crippen molar-refractivity contribution in [1.29, 1.82) is 0 Å². The number of hydrogen-bond acceptors (Lipinski definition) is 4. The molecule has 1 aliphatic heterocycles. The maximum absolute atomic E-state index is 12.9. The maximum Gasteiger partial charge on any atom is 0.234 e. The second-order valence-corrected chi connectivity index (χ2v) is 6.11. The van der Waals surface area contributed by atoms with E-state index in [0.717, 1.165) is 11.1 Å². The largest absolute Gasteiger partial charge is 0.380 e. The summed E-state index contributed by atoms with van der Waals surface area (Å²) in [5, 5.41) is 4.33. The number of methoxy groups -OCH3 is 1. The molecule has 3 rings (SSSR count). The van der Waals surface area contributed by atoms with Crippen LogP contribution in [-0.2, 0) is 22.6 Å². The van der Waals surface area contributed by atoms with Gasteiger partial charge in [0.05, 0.1) is 24.9 Å². The Labute approximate surface area is 140 Å². The third-order valence-electron chi connectivity index (χ3n) is 4.36. The summed E-state index contributed by atoms with van der Waals surface area (Å²) in [6, 6.07) is 6.04. The van der Waals surface area contributed by atoms with E-state index >= 15 is 0 Å². The maximum atomic E-state index is 12.9. The molecule has 1 aliphatic rings. The van der Waals surface area contributed by atoms with Crippen molar-refractivity contribution in [2.45, 2.75) is 31.7 Å². The van der Waals surface area contributed by atoms with Gasteiger partial charge < -0.3 is 10.5 Å². The first-order valence-electron chi connectivity index (χ1n) is 7.87. The van der Waals surface area contributed by atoms with Crippen LogP contribution < -0.4 is 5.73 Å². The molecule has 0 bridgehead atoms. The Hall–Kier alpha value is -2.25. The highest BCUT2D eigenvalue weighted by Crippen LogP contribution is 2.22. The van der Waals surface area contributed by atoms with Crippen LogP contribution in [0.3, 0.4) is 0 Å². The van der Waals surface area contributed by atoms with Crippen LogP contribution in [-0.4, -0.2) is 46.4 Å². The zero-order valence-electron chi connectivity index (χ0n) is 13.6. The minimum Gasteiger partial charge on any atom is -0.380 e. The highest BCUT2D eigenvalue weighted by atomic mass is 19.1. The Morgan fingerprint density at radius 2 is 2.08 bits per heavy atom. The molecule has 2 aromatic rings. The molecule has 0 unspecified atom stereocenters. The van der Waals surface area contributed by atoms with Gasteiger partial charge in [-0.15, -0.1) is 0 Å². The smallest absolute Gasteiger partial charge is 0.234 e. The Morgan fingerprint density at radius 3 is 2.75 bits per heavy atom. The van der Waals surface area contributed by atoms with Gasteiger partial charge in [-0.3, -0.25) is 14.4 Å². The van der Waals surface area contributed by atoms with Crippen LogP contribution >= 0.6 is 0 Å². The second kappa shape index (κ2) is 7.11. The summed E-state index contributed by atoms with van der Waals surface area (Å²) in [6.45, 7) is 1.84. The molecule has 6 nitrogen and oxygen atoms in total. The normalized spacial score (nSPS) is 21.2. The summed E-state index contributed by atoms with van der Waals surface area (Å²) in [7, 11) is 1.65. The fourth-order valence-electron chi connectivity index (χ4n) is 3.09. The molecule has 0 saturated carbocycles. The van der Waals surface area contributed by atoms with Crippen molar-refractivity contribution in [2.75, 3.05) is 13.7 Å². The number of primary amides is 1. The summed E-state index contributed by atoms with van der Waals surface area (Å²) < 4.78 is 20.1. The van der Waals surface area contributed by atoms with E-state index in [-0.39, 0.29) is 23.9 Å². The molecule has 1 amide bonds. The molecular formula is C17H21FN4O2. The van der Waals surface area contributed by atoms with Crippen LogP contribution in [0.25, 0.3) is 0 Å². The molecule has 1 aromatic heterocycles. The topological polar surface area (TPSA) is 73.4 Å². The van der Waals surface area contributed by atoms with Crippen LogP contribution in [0.15, 0.2) is 36.7 Å². The second-order valence-electron chi connectivity index (χ2n) is 6.11. The van der Waals surface area contributed by atoms with Crippen molar-refractivity contribution in [3.05, 3.63) is 53.6 Å². The number of amides is 1. The number of hydrogen-bond donors (Lipinski definition) is 1. The highest BCUT2D eigenvalue weighted by molar-refractivity contribution is 5.80.